The zero-order chi connectivity index (χ0) is 15.8. The largest absolute Gasteiger partial charge is 0.496 e. The molecule has 0 aliphatic heterocycles. The van der Waals surface area contributed by atoms with Crippen LogP contribution in [0.2, 0.25) is 0 Å². The van der Waals surface area contributed by atoms with Gasteiger partial charge in [0.15, 0.2) is 5.03 Å². The molecule has 0 unspecified atom stereocenters. The molecule has 0 saturated carbocycles. The molecule has 0 bridgehead atoms. The number of aromatic nitrogens is 3. The summed E-state index contributed by atoms with van der Waals surface area (Å²) < 4.78 is 29.7. The first kappa shape index (κ1) is 15.8. The van der Waals surface area contributed by atoms with Gasteiger partial charge in [-0.1, -0.05) is 0 Å². The van der Waals surface area contributed by atoms with Crippen LogP contribution in [-0.4, -0.2) is 30.1 Å². The topological polar surface area (TPSA) is 74.1 Å². The van der Waals surface area contributed by atoms with E-state index in [9.17, 15) is 8.42 Å². The average Bonchev–Trinajstić information content (AvgIpc) is 2.75. The number of imidazole rings is 1. The lowest BCUT2D eigenvalue weighted by Gasteiger charge is -2.13. The molecule has 2 heterocycles. The molecule has 0 saturated heterocycles. The van der Waals surface area contributed by atoms with Crippen LogP contribution >= 0.6 is 10.7 Å². The minimum atomic E-state index is -3.83. The van der Waals surface area contributed by atoms with Gasteiger partial charge >= 0.3 is 0 Å². The molecule has 0 spiro atoms. The van der Waals surface area contributed by atoms with Crippen LogP contribution in [0.5, 0.6) is 5.75 Å². The molecule has 0 amide bonds. The van der Waals surface area contributed by atoms with Crippen LogP contribution in [-0.2, 0) is 15.6 Å². The SMILES string of the molecule is COc1c(C)cnc(Cn2cc(S(=O)(=O)Cl)nc2C)c1C. The average molecular weight is 330 g/mol. The Hall–Kier alpha value is -1.60. The summed E-state index contributed by atoms with van der Waals surface area (Å²) in [6.07, 6.45) is 3.14. The zero-order valence-corrected chi connectivity index (χ0v) is 13.8. The van der Waals surface area contributed by atoms with Crippen molar-refractivity contribution in [3.05, 3.63) is 35.0 Å². The minimum absolute atomic E-state index is 0.154. The normalized spacial score (nSPS) is 11.7. The van der Waals surface area contributed by atoms with Gasteiger partial charge < -0.3 is 9.30 Å². The lowest BCUT2D eigenvalue weighted by atomic mass is 10.1. The zero-order valence-electron chi connectivity index (χ0n) is 12.2. The van der Waals surface area contributed by atoms with Crippen molar-refractivity contribution in [1.29, 1.82) is 0 Å². The molecule has 2 rings (SSSR count). The summed E-state index contributed by atoms with van der Waals surface area (Å²) in [6, 6.07) is 0. The third-order valence-electron chi connectivity index (χ3n) is 3.27. The summed E-state index contributed by atoms with van der Waals surface area (Å²) in [5, 5.41) is -0.154. The third kappa shape index (κ3) is 3.19. The van der Waals surface area contributed by atoms with Crippen molar-refractivity contribution in [2.75, 3.05) is 7.11 Å². The quantitative estimate of drug-likeness (QED) is 0.804. The van der Waals surface area contributed by atoms with Crippen LogP contribution in [0.25, 0.3) is 0 Å². The molecule has 0 atom stereocenters. The summed E-state index contributed by atoms with van der Waals surface area (Å²) >= 11 is 0. The van der Waals surface area contributed by atoms with E-state index in [1.165, 1.54) is 6.20 Å². The van der Waals surface area contributed by atoms with E-state index in [4.69, 9.17) is 15.4 Å². The van der Waals surface area contributed by atoms with Crippen LogP contribution in [0.3, 0.4) is 0 Å². The Morgan fingerprint density at radius 1 is 1.33 bits per heavy atom. The van der Waals surface area contributed by atoms with Crippen LogP contribution in [0.1, 0.15) is 22.6 Å². The Morgan fingerprint density at radius 2 is 2.00 bits per heavy atom. The molecule has 2 aromatic rings. The molecular weight excluding hydrogens is 314 g/mol. The Bertz CT molecular complexity index is 784. The number of pyridine rings is 1. The molecule has 8 heteroatoms. The third-order valence-corrected chi connectivity index (χ3v) is 4.44. The molecule has 0 aliphatic rings. The fraction of sp³-hybridized carbons (Fsp3) is 0.385. The Labute approximate surface area is 128 Å². The summed E-state index contributed by atoms with van der Waals surface area (Å²) in [5.41, 5.74) is 2.66. The lowest BCUT2D eigenvalue weighted by molar-refractivity contribution is 0.406. The molecule has 114 valence electrons. The second-order valence-corrected chi connectivity index (χ2v) is 7.25. The number of halogens is 1. The van der Waals surface area contributed by atoms with Crippen molar-refractivity contribution >= 4 is 19.7 Å². The predicted octanol–water partition coefficient (Wildman–Crippen LogP) is 2.19. The van der Waals surface area contributed by atoms with E-state index in [-0.39, 0.29) is 5.03 Å². The highest BCUT2D eigenvalue weighted by Crippen LogP contribution is 2.25. The highest BCUT2D eigenvalue weighted by Gasteiger charge is 2.17. The first-order valence-electron chi connectivity index (χ1n) is 6.21. The maximum absolute atomic E-state index is 11.3. The Morgan fingerprint density at radius 3 is 2.52 bits per heavy atom. The molecular formula is C13H16ClN3O3S. The monoisotopic (exact) mass is 329 g/mol. The minimum Gasteiger partial charge on any atom is -0.496 e. The van der Waals surface area contributed by atoms with E-state index in [1.807, 2.05) is 13.8 Å². The molecule has 0 aromatic carbocycles. The summed E-state index contributed by atoms with van der Waals surface area (Å²) in [7, 11) is 3.09. The van der Waals surface area contributed by atoms with Gasteiger partial charge in [0.05, 0.1) is 19.3 Å². The fourth-order valence-corrected chi connectivity index (χ4v) is 2.87. The second-order valence-electron chi connectivity index (χ2n) is 4.74. The van der Waals surface area contributed by atoms with E-state index >= 15 is 0 Å². The molecule has 0 fully saturated rings. The van der Waals surface area contributed by atoms with Crippen molar-refractivity contribution in [3.8, 4) is 5.75 Å². The van der Waals surface area contributed by atoms with Gasteiger partial charge in [-0.3, -0.25) is 4.98 Å². The van der Waals surface area contributed by atoms with Gasteiger partial charge in [-0.25, -0.2) is 13.4 Å². The fourth-order valence-electron chi connectivity index (χ4n) is 2.15. The predicted molar refractivity (Wildman–Crippen MR) is 79.4 cm³/mol. The highest BCUT2D eigenvalue weighted by atomic mass is 35.7. The van der Waals surface area contributed by atoms with Crippen molar-refractivity contribution in [2.45, 2.75) is 32.3 Å². The molecule has 6 nitrogen and oxygen atoms in total. The van der Waals surface area contributed by atoms with Gasteiger partial charge in [-0.15, -0.1) is 0 Å². The summed E-state index contributed by atoms with van der Waals surface area (Å²) in [6.45, 7) is 5.95. The number of hydrogen-bond acceptors (Lipinski definition) is 5. The molecule has 0 N–H and O–H groups in total. The number of methoxy groups -OCH3 is 1. The first-order valence-corrected chi connectivity index (χ1v) is 8.52. The Balaban J connectivity index is 2.42. The first-order chi connectivity index (χ1) is 9.74. The summed E-state index contributed by atoms with van der Waals surface area (Å²) in [4.78, 5) is 8.34. The van der Waals surface area contributed by atoms with Crippen molar-refractivity contribution in [3.63, 3.8) is 0 Å². The highest BCUT2D eigenvalue weighted by molar-refractivity contribution is 8.13. The van der Waals surface area contributed by atoms with Crippen LogP contribution in [0.4, 0.5) is 0 Å². The van der Waals surface area contributed by atoms with Gasteiger partial charge in [-0.05, 0) is 20.8 Å². The Kier molecular flexibility index (Phi) is 4.25. The number of rotatable bonds is 4. The standard InChI is InChI=1S/C13H16ClN3O3S/c1-8-5-15-11(9(2)13(8)20-4)6-17-7-12(16-10(17)3)21(14,18)19/h5,7H,6H2,1-4H3. The van der Waals surface area contributed by atoms with Gasteiger partial charge in [-0.2, -0.15) is 0 Å². The van der Waals surface area contributed by atoms with Gasteiger partial charge in [0.1, 0.15) is 11.6 Å². The number of ether oxygens (including phenoxy) is 1. The maximum Gasteiger partial charge on any atom is 0.280 e. The van der Waals surface area contributed by atoms with E-state index < -0.39 is 9.05 Å². The van der Waals surface area contributed by atoms with Crippen LogP contribution in [0.15, 0.2) is 17.4 Å². The number of nitrogens with zero attached hydrogens (tertiary/aromatic N) is 3. The number of hydrogen-bond donors (Lipinski definition) is 0. The van der Waals surface area contributed by atoms with Crippen molar-refractivity contribution in [1.82, 2.24) is 14.5 Å². The van der Waals surface area contributed by atoms with Crippen molar-refractivity contribution < 1.29 is 13.2 Å². The maximum atomic E-state index is 11.3. The molecule has 21 heavy (non-hydrogen) atoms. The number of aryl methyl sites for hydroxylation is 2. The van der Waals surface area contributed by atoms with Crippen LogP contribution in [0, 0.1) is 20.8 Å². The van der Waals surface area contributed by atoms with Gasteiger partial charge in [0.2, 0.25) is 0 Å². The molecule has 2 aromatic heterocycles. The lowest BCUT2D eigenvalue weighted by Crippen LogP contribution is -2.06. The van der Waals surface area contributed by atoms with E-state index in [0.29, 0.717) is 12.4 Å². The van der Waals surface area contributed by atoms with Crippen molar-refractivity contribution in [2.24, 2.45) is 0 Å². The molecule has 0 radical (unpaired) electrons. The van der Waals surface area contributed by atoms with E-state index in [2.05, 4.69) is 9.97 Å². The summed E-state index contributed by atoms with van der Waals surface area (Å²) in [5.74, 6) is 1.33. The van der Waals surface area contributed by atoms with E-state index in [0.717, 1.165) is 22.6 Å². The van der Waals surface area contributed by atoms with Crippen LogP contribution < -0.4 is 4.74 Å². The van der Waals surface area contributed by atoms with E-state index in [1.54, 1.807) is 24.8 Å². The second kappa shape index (κ2) is 5.65. The van der Waals surface area contributed by atoms with Gasteiger partial charge in [0, 0.05) is 34.2 Å². The van der Waals surface area contributed by atoms with Gasteiger partial charge in [0.25, 0.3) is 9.05 Å². The molecule has 0 aliphatic carbocycles. The smallest absolute Gasteiger partial charge is 0.280 e.